The molecule has 3 rings (SSSR count). The van der Waals surface area contributed by atoms with Crippen LogP contribution in [-0.2, 0) is 32.8 Å². The van der Waals surface area contributed by atoms with Crippen molar-refractivity contribution in [2.45, 2.75) is 44.7 Å². The van der Waals surface area contributed by atoms with E-state index in [9.17, 15) is 31.2 Å². The third-order valence-corrected chi connectivity index (χ3v) is 8.24. The molecule has 0 radical (unpaired) electrons. The first-order valence-corrected chi connectivity index (χ1v) is 12.5. The van der Waals surface area contributed by atoms with E-state index in [0.717, 1.165) is 16.4 Å². The number of nitrogens with one attached hydrogen (secondary N) is 1. The van der Waals surface area contributed by atoms with Gasteiger partial charge in [0.25, 0.3) is 0 Å². The van der Waals surface area contributed by atoms with Crippen LogP contribution in [0.4, 0.5) is 18.9 Å². The van der Waals surface area contributed by atoms with E-state index in [0.29, 0.717) is 24.2 Å². The van der Waals surface area contributed by atoms with E-state index in [1.165, 1.54) is 12.1 Å². The fourth-order valence-corrected chi connectivity index (χ4v) is 6.20. The molecule has 192 valence electrons. The summed E-state index contributed by atoms with van der Waals surface area (Å²) in [5, 5.41) is 2.47. The first-order valence-electron chi connectivity index (χ1n) is 11.1. The third-order valence-electron chi connectivity index (χ3n) is 6.21. The van der Waals surface area contributed by atoms with Crippen molar-refractivity contribution < 1.29 is 35.9 Å². The van der Waals surface area contributed by atoms with Gasteiger partial charge in [0.05, 0.1) is 18.1 Å². The molecule has 35 heavy (non-hydrogen) atoms. The van der Waals surface area contributed by atoms with Crippen LogP contribution in [0.5, 0.6) is 0 Å². The lowest BCUT2D eigenvalue weighted by Crippen LogP contribution is -2.44. The SMILES string of the molecule is CCOC(=O)c1c(S(=O)(=O)N2CCCC(C(=O)Nc3cccc(C(F)(F)F)c3)C2)c(C)n(C)c1C. The Kier molecular flexibility index (Phi) is 7.65. The Morgan fingerprint density at radius 2 is 1.89 bits per heavy atom. The van der Waals surface area contributed by atoms with Gasteiger partial charge in [0.2, 0.25) is 15.9 Å². The molecule has 0 aliphatic carbocycles. The minimum atomic E-state index is -4.56. The van der Waals surface area contributed by atoms with Gasteiger partial charge in [-0.2, -0.15) is 17.5 Å². The first-order chi connectivity index (χ1) is 16.3. The minimum absolute atomic E-state index is 0.0241. The number of esters is 1. The van der Waals surface area contributed by atoms with Crippen molar-refractivity contribution in [1.29, 1.82) is 0 Å². The Bertz CT molecular complexity index is 1240. The summed E-state index contributed by atoms with van der Waals surface area (Å²) in [7, 11) is -2.52. The Hall–Kier alpha value is -2.86. The molecule has 1 aromatic heterocycles. The highest BCUT2D eigenvalue weighted by Crippen LogP contribution is 2.33. The number of hydrogen-bond acceptors (Lipinski definition) is 5. The number of piperidine rings is 1. The number of amides is 1. The molecular formula is C23H28F3N3O5S. The van der Waals surface area contributed by atoms with Crippen LogP contribution in [0.15, 0.2) is 29.2 Å². The zero-order valence-electron chi connectivity index (χ0n) is 19.9. The van der Waals surface area contributed by atoms with E-state index < -0.39 is 39.6 Å². The molecule has 0 saturated carbocycles. The lowest BCUT2D eigenvalue weighted by atomic mass is 9.98. The van der Waals surface area contributed by atoms with Gasteiger partial charge in [-0.25, -0.2) is 13.2 Å². The molecule has 1 unspecified atom stereocenters. The molecule has 1 aromatic carbocycles. The van der Waals surface area contributed by atoms with Crippen LogP contribution in [0.2, 0.25) is 0 Å². The average molecular weight is 516 g/mol. The number of hydrogen-bond donors (Lipinski definition) is 1. The summed E-state index contributed by atoms with van der Waals surface area (Å²) in [5.74, 6) is -2.09. The van der Waals surface area contributed by atoms with Crippen molar-refractivity contribution in [3.05, 3.63) is 46.8 Å². The summed E-state index contributed by atoms with van der Waals surface area (Å²) in [6.45, 7) is 4.89. The molecule has 1 aliphatic heterocycles. The second-order valence-electron chi connectivity index (χ2n) is 8.42. The molecule has 2 heterocycles. The quantitative estimate of drug-likeness (QED) is 0.589. The number of benzene rings is 1. The van der Waals surface area contributed by atoms with Gasteiger partial charge in [-0.1, -0.05) is 6.07 Å². The van der Waals surface area contributed by atoms with Gasteiger partial charge in [0, 0.05) is 37.2 Å². The summed E-state index contributed by atoms with van der Waals surface area (Å²) in [5.41, 5.74) is -0.160. The van der Waals surface area contributed by atoms with Gasteiger partial charge in [-0.15, -0.1) is 0 Å². The van der Waals surface area contributed by atoms with Crippen molar-refractivity contribution in [2.75, 3.05) is 25.0 Å². The number of anilines is 1. The number of carbonyl (C=O) groups is 2. The molecule has 0 spiro atoms. The zero-order valence-corrected chi connectivity index (χ0v) is 20.7. The van der Waals surface area contributed by atoms with Crippen molar-refractivity contribution in [3.63, 3.8) is 0 Å². The van der Waals surface area contributed by atoms with Gasteiger partial charge in [0.15, 0.2) is 0 Å². The number of halogens is 3. The molecule has 8 nitrogen and oxygen atoms in total. The second-order valence-corrected chi connectivity index (χ2v) is 10.3. The summed E-state index contributed by atoms with van der Waals surface area (Å²) in [4.78, 5) is 25.3. The maximum Gasteiger partial charge on any atom is 0.416 e. The smallest absolute Gasteiger partial charge is 0.416 e. The van der Waals surface area contributed by atoms with Crippen LogP contribution in [0, 0.1) is 19.8 Å². The monoisotopic (exact) mass is 515 g/mol. The Morgan fingerprint density at radius 3 is 2.51 bits per heavy atom. The lowest BCUT2D eigenvalue weighted by Gasteiger charge is -2.31. The second kappa shape index (κ2) is 10.0. The van der Waals surface area contributed by atoms with E-state index in [-0.39, 0.29) is 35.8 Å². The van der Waals surface area contributed by atoms with Crippen molar-refractivity contribution in [3.8, 4) is 0 Å². The number of nitrogens with zero attached hydrogens (tertiary/aromatic N) is 2. The van der Waals surface area contributed by atoms with E-state index in [1.54, 1.807) is 32.4 Å². The number of rotatable bonds is 6. The van der Waals surface area contributed by atoms with Gasteiger partial charge >= 0.3 is 12.1 Å². The van der Waals surface area contributed by atoms with Gasteiger partial charge in [-0.05, 0) is 51.8 Å². The highest BCUT2D eigenvalue weighted by Gasteiger charge is 2.39. The highest BCUT2D eigenvalue weighted by molar-refractivity contribution is 7.89. The van der Waals surface area contributed by atoms with Crippen LogP contribution in [0.1, 0.15) is 47.1 Å². The maximum absolute atomic E-state index is 13.6. The molecular weight excluding hydrogens is 487 g/mol. The van der Waals surface area contributed by atoms with E-state index >= 15 is 0 Å². The van der Waals surface area contributed by atoms with E-state index in [1.807, 2.05) is 0 Å². The molecule has 1 fully saturated rings. The Balaban J connectivity index is 1.86. The normalized spacial score (nSPS) is 17.3. The van der Waals surface area contributed by atoms with E-state index in [2.05, 4.69) is 5.32 Å². The van der Waals surface area contributed by atoms with Gasteiger partial charge in [-0.3, -0.25) is 4.79 Å². The topological polar surface area (TPSA) is 97.7 Å². The fourth-order valence-electron chi connectivity index (χ4n) is 4.20. The maximum atomic E-state index is 13.6. The molecule has 12 heteroatoms. The third kappa shape index (κ3) is 5.37. The van der Waals surface area contributed by atoms with Crippen LogP contribution in [0.25, 0.3) is 0 Å². The van der Waals surface area contributed by atoms with Gasteiger partial charge < -0.3 is 14.6 Å². The molecule has 1 N–H and O–H groups in total. The Morgan fingerprint density at radius 1 is 1.20 bits per heavy atom. The summed E-state index contributed by atoms with van der Waals surface area (Å²) in [6, 6.07) is 4.26. The van der Waals surface area contributed by atoms with Crippen LogP contribution < -0.4 is 5.32 Å². The average Bonchev–Trinajstić information content (AvgIpc) is 3.03. The van der Waals surface area contributed by atoms with Crippen molar-refractivity contribution >= 4 is 27.6 Å². The van der Waals surface area contributed by atoms with Crippen LogP contribution in [-0.4, -0.2) is 48.9 Å². The lowest BCUT2D eigenvalue weighted by molar-refractivity contribution is -0.137. The molecule has 1 saturated heterocycles. The standard InChI is InChI=1S/C23H28F3N3O5S/c1-5-34-22(31)19-14(2)28(4)15(3)20(19)35(32,33)29-11-7-8-16(13-29)21(30)27-18-10-6-9-17(12-18)23(24,25)26/h6,9-10,12,16H,5,7-8,11,13H2,1-4H3,(H,27,30). The van der Waals surface area contributed by atoms with Crippen molar-refractivity contribution in [2.24, 2.45) is 13.0 Å². The van der Waals surface area contributed by atoms with E-state index in [4.69, 9.17) is 4.74 Å². The van der Waals surface area contributed by atoms with Crippen LogP contribution >= 0.6 is 0 Å². The summed E-state index contributed by atoms with van der Waals surface area (Å²) < 4.78 is 74.0. The van der Waals surface area contributed by atoms with Gasteiger partial charge in [0.1, 0.15) is 10.5 Å². The largest absolute Gasteiger partial charge is 0.462 e. The van der Waals surface area contributed by atoms with Crippen LogP contribution in [0.3, 0.4) is 0 Å². The fraction of sp³-hybridized carbons (Fsp3) is 0.478. The first kappa shape index (κ1) is 26.7. The number of sulfonamides is 1. The number of aromatic nitrogens is 1. The summed E-state index contributed by atoms with van der Waals surface area (Å²) >= 11 is 0. The van der Waals surface area contributed by atoms with Crippen molar-refractivity contribution in [1.82, 2.24) is 8.87 Å². The number of carbonyl (C=O) groups excluding carboxylic acids is 2. The molecule has 1 amide bonds. The number of ether oxygens (including phenoxy) is 1. The summed E-state index contributed by atoms with van der Waals surface area (Å²) in [6.07, 6.45) is -3.81. The predicted octanol–water partition coefficient (Wildman–Crippen LogP) is 3.88. The predicted molar refractivity (Wildman–Crippen MR) is 122 cm³/mol. The molecule has 1 aliphatic rings. The molecule has 0 bridgehead atoms. The Labute approximate surface area is 202 Å². The minimum Gasteiger partial charge on any atom is -0.462 e. The molecule has 1 atom stereocenters. The number of alkyl halides is 3. The molecule has 2 aromatic rings. The highest BCUT2D eigenvalue weighted by atomic mass is 32.2. The zero-order chi connectivity index (χ0) is 26.1.